The van der Waals surface area contributed by atoms with E-state index >= 15 is 0 Å². The summed E-state index contributed by atoms with van der Waals surface area (Å²) in [7, 11) is 4.51. The number of hydrogen-bond acceptors (Lipinski definition) is 7. The number of ketones is 1. The number of hydrogen-bond donors (Lipinski definition) is 0. The fourth-order valence-electron chi connectivity index (χ4n) is 2.20. The first-order chi connectivity index (χ1) is 12.6. The molecular weight excluding hydrogens is 356 g/mol. The van der Waals surface area contributed by atoms with Crippen LogP contribution in [-0.4, -0.2) is 40.7 Å². The van der Waals surface area contributed by atoms with E-state index in [1.807, 2.05) is 19.1 Å². The van der Waals surface area contributed by atoms with Gasteiger partial charge in [0.1, 0.15) is 22.8 Å². The van der Waals surface area contributed by atoms with Gasteiger partial charge in [0.2, 0.25) is 0 Å². The van der Waals surface area contributed by atoms with E-state index in [2.05, 4.69) is 0 Å². The summed E-state index contributed by atoms with van der Waals surface area (Å²) in [6.07, 6.45) is 3.27. The molecule has 0 unspecified atom stereocenters. The lowest BCUT2D eigenvalue weighted by Crippen LogP contribution is -2.08. The van der Waals surface area contributed by atoms with Gasteiger partial charge in [-0.25, -0.2) is 0 Å². The third kappa shape index (κ3) is 5.32. The van der Waals surface area contributed by atoms with Gasteiger partial charge in [-0.1, -0.05) is 0 Å². The van der Waals surface area contributed by atoms with E-state index in [4.69, 9.17) is 23.7 Å². The Morgan fingerprint density at radius 3 is 2.35 bits per heavy atom. The van der Waals surface area contributed by atoms with Crippen molar-refractivity contribution in [3.8, 4) is 17.2 Å². The maximum absolute atomic E-state index is 12.8. The number of carbonyl (C=O) groups is 1. The first-order valence-electron chi connectivity index (χ1n) is 7.83. The lowest BCUT2D eigenvalue weighted by Gasteiger charge is -2.15. The van der Waals surface area contributed by atoms with E-state index in [-0.39, 0.29) is 19.4 Å². The maximum Gasteiger partial charge on any atom is 0.193 e. The van der Waals surface area contributed by atoms with Crippen molar-refractivity contribution in [3.63, 3.8) is 0 Å². The number of carbonyl (C=O) groups excluding carboxylic acids is 1. The molecule has 1 aromatic carbocycles. The fourth-order valence-corrected chi connectivity index (χ4v) is 2.98. The van der Waals surface area contributed by atoms with E-state index < -0.39 is 0 Å². The predicted molar refractivity (Wildman–Crippen MR) is 100 cm³/mol. The third-order valence-electron chi connectivity index (χ3n) is 3.34. The van der Waals surface area contributed by atoms with Gasteiger partial charge in [-0.05, 0) is 31.2 Å². The Hall–Kier alpha value is -2.35. The van der Waals surface area contributed by atoms with E-state index in [0.717, 1.165) is 4.88 Å². The topological polar surface area (TPSA) is 63.2 Å². The number of methoxy groups -OCH3 is 3. The summed E-state index contributed by atoms with van der Waals surface area (Å²) in [5.74, 6) is 0.887. The minimum absolute atomic E-state index is 0.00893. The summed E-state index contributed by atoms with van der Waals surface area (Å²) in [5, 5.41) is 0. The molecule has 2 aromatic rings. The normalized spacial score (nSPS) is 10.9. The monoisotopic (exact) mass is 378 g/mol. The molecule has 1 aromatic heterocycles. The van der Waals surface area contributed by atoms with Crippen LogP contribution >= 0.6 is 11.3 Å². The van der Waals surface area contributed by atoms with E-state index in [9.17, 15) is 4.79 Å². The summed E-state index contributed by atoms with van der Waals surface area (Å²) in [6.45, 7) is 2.07. The molecule has 6 nitrogen and oxygen atoms in total. The Morgan fingerprint density at radius 2 is 1.73 bits per heavy atom. The highest BCUT2D eigenvalue weighted by Crippen LogP contribution is 2.35. The number of rotatable bonds is 10. The maximum atomic E-state index is 12.8. The predicted octanol–water partition coefficient (Wildman–Crippen LogP) is 3.93. The van der Waals surface area contributed by atoms with Crippen molar-refractivity contribution < 1.29 is 28.5 Å². The fraction of sp³-hybridized carbons (Fsp3) is 0.316. The average molecular weight is 378 g/mol. The molecule has 0 saturated carbocycles. The Balaban J connectivity index is 2.36. The molecule has 0 amide bonds. The van der Waals surface area contributed by atoms with Gasteiger partial charge < -0.3 is 23.7 Å². The van der Waals surface area contributed by atoms with Crippen molar-refractivity contribution in [2.24, 2.45) is 0 Å². The van der Waals surface area contributed by atoms with Crippen molar-refractivity contribution in [2.45, 2.75) is 6.92 Å². The van der Waals surface area contributed by atoms with E-state index in [1.54, 1.807) is 29.5 Å². The average Bonchev–Trinajstić information content (AvgIpc) is 3.07. The molecule has 0 bridgehead atoms. The number of thiophene rings is 1. The van der Waals surface area contributed by atoms with Gasteiger partial charge in [0.15, 0.2) is 19.4 Å². The molecule has 0 aliphatic rings. The SMILES string of the molecule is COCOc1cc(OC)c(C(=O)/C=C/c2ccc(C)s2)c(OCOC)c1. The highest BCUT2D eigenvalue weighted by Gasteiger charge is 2.19. The van der Waals surface area contributed by atoms with Gasteiger partial charge in [-0.15, -0.1) is 11.3 Å². The van der Waals surface area contributed by atoms with Crippen LogP contribution in [0.1, 0.15) is 20.1 Å². The molecule has 140 valence electrons. The molecular formula is C19H22O6S. The van der Waals surface area contributed by atoms with Crippen LogP contribution in [0.25, 0.3) is 6.08 Å². The van der Waals surface area contributed by atoms with Gasteiger partial charge in [-0.2, -0.15) is 0 Å². The van der Waals surface area contributed by atoms with Crippen LogP contribution in [0.2, 0.25) is 0 Å². The molecule has 26 heavy (non-hydrogen) atoms. The quantitative estimate of drug-likeness (QED) is 0.355. The van der Waals surface area contributed by atoms with Crippen molar-refractivity contribution in [3.05, 3.63) is 45.7 Å². The smallest absolute Gasteiger partial charge is 0.193 e. The zero-order chi connectivity index (χ0) is 18.9. The van der Waals surface area contributed by atoms with Crippen molar-refractivity contribution in [1.29, 1.82) is 0 Å². The summed E-state index contributed by atoms with van der Waals surface area (Å²) < 4.78 is 26.2. The first-order valence-corrected chi connectivity index (χ1v) is 8.65. The standard InChI is InChI=1S/C19H22O6S/c1-13-5-6-15(26-13)7-8-16(20)19-17(23-4)9-14(24-11-21-2)10-18(19)25-12-22-3/h5-10H,11-12H2,1-4H3/b8-7+. The molecule has 7 heteroatoms. The Labute approximate surface area is 156 Å². The van der Waals surface area contributed by atoms with Gasteiger partial charge in [0.25, 0.3) is 0 Å². The lowest BCUT2D eigenvalue weighted by atomic mass is 10.1. The zero-order valence-electron chi connectivity index (χ0n) is 15.2. The zero-order valence-corrected chi connectivity index (χ0v) is 16.1. The van der Waals surface area contributed by atoms with E-state index in [1.165, 1.54) is 32.3 Å². The largest absolute Gasteiger partial charge is 0.496 e. The number of ether oxygens (including phenoxy) is 5. The molecule has 0 spiro atoms. The third-order valence-corrected chi connectivity index (χ3v) is 4.31. The number of benzene rings is 1. The summed E-state index contributed by atoms with van der Waals surface area (Å²) in [5.41, 5.74) is 0.304. The van der Waals surface area contributed by atoms with Crippen molar-refractivity contribution in [2.75, 3.05) is 34.9 Å². The van der Waals surface area contributed by atoms with Crippen LogP contribution in [0.3, 0.4) is 0 Å². The van der Waals surface area contributed by atoms with Crippen LogP contribution in [-0.2, 0) is 9.47 Å². The van der Waals surface area contributed by atoms with Crippen LogP contribution in [0.5, 0.6) is 17.2 Å². The minimum Gasteiger partial charge on any atom is -0.496 e. The summed E-state index contributed by atoms with van der Waals surface area (Å²) >= 11 is 1.61. The Morgan fingerprint density at radius 1 is 1.04 bits per heavy atom. The lowest BCUT2D eigenvalue weighted by molar-refractivity contribution is 0.0453. The second-order valence-corrected chi connectivity index (χ2v) is 6.57. The van der Waals surface area contributed by atoms with E-state index in [0.29, 0.717) is 22.8 Å². The summed E-state index contributed by atoms with van der Waals surface area (Å²) in [6, 6.07) is 7.20. The van der Waals surface area contributed by atoms with Gasteiger partial charge in [0, 0.05) is 36.1 Å². The molecule has 0 aliphatic heterocycles. The molecule has 0 saturated heterocycles. The van der Waals surface area contributed by atoms with Crippen LogP contribution in [0, 0.1) is 6.92 Å². The first kappa shape index (κ1) is 20.0. The highest BCUT2D eigenvalue weighted by atomic mass is 32.1. The Kier molecular flexibility index (Phi) is 7.65. The molecule has 2 rings (SSSR count). The highest BCUT2D eigenvalue weighted by molar-refractivity contribution is 7.12. The molecule has 1 heterocycles. The van der Waals surface area contributed by atoms with Gasteiger partial charge >= 0.3 is 0 Å². The molecule has 0 N–H and O–H groups in total. The second kappa shape index (κ2) is 9.96. The van der Waals surface area contributed by atoms with Crippen molar-refractivity contribution >= 4 is 23.2 Å². The Bertz CT molecular complexity index is 765. The molecule has 0 fully saturated rings. The van der Waals surface area contributed by atoms with Gasteiger partial charge in [0.05, 0.1) is 7.11 Å². The van der Waals surface area contributed by atoms with Crippen molar-refractivity contribution in [1.82, 2.24) is 0 Å². The minimum atomic E-state index is -0.239. The number of aryl methyl sites for hydroxylation is 1. The number of allylic oxidation sites excluding steroid dienone is 1. The van der Waals surface area contributed by atoms with Crippen LogP contribution in [0.15, 0.2) is 30.3 Å². The molecule has 0 atom stereocenters. The summed E-state index contributed by atoms with van der Waals surface area (Å²) in [4.78, 5) is 14.9. The molecule has 0 aliphatic carbocycles. The van der Waals surface area contributed by atoms with Gasteiger partial charge in [-0.3, -0.25) is 4.79 Å². The molecule has 0 radical (unpaired) electrons. The van der Waals surface area contributed by atoms with Crippen LogP contribution < -0.4 is 14.2 Å². The second-order valence-electron chi connectivity index (χ2n) is 5.25. The van der Waals surface area contributed by atoms with Crippen LogP contribution in [0.4, 0.5) is 0 Å².